The van der Waals surface area contributed by atoms with Gasteiger partial charge in [-0.05, 0) is 48.0 Å². The van der Waals surface area contributed by atoms with Gasteiger partial charge in [-0.2, -0.15) is 5.26 Å². The smallest absolute Gasteiger partial charge is 0.266 e. The molecule has 0 aliphatic heterocycles. The van der Waals surface area contributed by atoms with Crippen molar-refractivity contribution in [1.29, 1.82) is 5.26 Å². The Morgan fingerprint density at radius 2 is 1.73 bits per heavy atom. The van der Waals surface area contributed by atoms with Crippen LogP contribution in [0.1, 0.15) is 5.56 Å². The Labute approximate surface area is 196 Å². The van der Waals surface area contributed by atoms with E-state index in [1.807, 2.05) is 24.3 Å². The molecular formula is C25H20ClN3O4. The number of anilines is 2. The first-order chi connectivity index (χ1) is 16.0. The number of rotatable bonds is 8. The normalized spacial score (nSPS) is 10.6. The van der Waals surface area contributed by atoms with E-state index in [-0.39, 0.29) is 18.1 Å². The molecule has 0 unspecified atom stereocenters. The Morgan fingerprint density at radius 1 is 1.00 bits per heavy atom. The van der Waals surface area contributed by atoms with Crippen LogP contribution in [-0.4, -0.2) is 25.5 Å². The van der Waals surface area contributed by atoms with Crippen LogP contribution in [-0.2, 0) is 9.59 Å². The third kappa shape index (κ3) is 6.60. The van der Waals surface area contributed by atoms with Crippen LogP contribution in [0.15, 0.2) is 78.4 Å². The Kier molecular flexibility index (Phi) is 8.06. The van der Waals surface area contributed by atoms with Crippen molar-refractivity contribution in [2.75, 3.05) is 24.4 Å². The van der Waals surface area contributed by atoms with Crippen molar-refractivity contribution in [3.05, 3.63) is 89.0 Å². The highest BCUT2D eigenvalue weighted by atomic mass is 35.5. The van der Waals surface area contributed by atoms with E-state index in [1.54, 1.807) is 54.6 Å². The van der Waals surface area contributed by atoms with E-state index in [9.17, 15) is 14.9 Å². The summed E-state index contributed by atoms with van der Waals surface area (Å²) < 4.78 is 10.9. The first-order valence-electron chi connectivity index (χ1n) is 9.83. The summed E-state index contributed by atoms with van der Waals surface area (Å²) in [4.78, 5) is 24.6. The maximum Gasteiger partial charge on any atom is 0.266 e. The summed E-state index contributed by atoms with van der Waals surface area (Å²) in [5.41, 5.74) is 1.49. The standard InChI is InChI=1S/C25H20ClN3O4/c1-32-23-14-17(13-18(15-27)25(31)29-21-10-6-5-9-20(21)26)11-12-22(23)33-16-24(30)28-19-7-3-2-4-8-19/h2-14H,16H2,1H3,(H,28,30)(H,29,31)/b18-13+. The monoisotopic (exact) mass is 461 g/mol. The van der Waals surface area contributed by atoms with E-state index in [0.29, 0.717) is 33.5 Å². The predicted molar refractivity (Wildman–Crippen MR) is 127 cm³/mol. The molecule has 0 spiro atoms. The Hall–Kier alpha value is -4.28. The molecule has 3 rings (SSSR count). The summed E-state index contributed by atoms with van der Waals surface area (Å²) in [7, 11) is 1.45. The second-order valence-corrected chi connectivity index (χ2v) is 7.12. The largest absolute Gasteiger partial charge is 0.493 e. The van der Waals surface area contributed by atoms with Gasteiger partial charge in [0.25, 0.3) is 11.8 Å². The number of para-hydroxylation sites is 2. The molecule has 0 aliphatic carbocycles. The number of nitriles is 1. The van der Waals surface area contributed by atoms with Gasteiger partial charge in [0.2, 0.25) is 0 Å². The molecule has 0 saturated carbocycles. The van der Waals surface area contributed by atoms with Gasteiger partial charge >= 0.3 is 0 Å². The van der Waals surface area contributed by atoms with Crippen molar-refractivity contribution >= 4 is 40.9 Å². The summed E-state index contributed by atoms with van der Waals surface area (Å²) in [6.07, 6.45) is 1.42. The van der Waals surface area contributed by atoms with Gasteiger partial charge in [0.05, 0.1) is 17.8 Å². The van der Waals surface area contributed by atoms with Gasteiger partial charge in [0.15, 0.2) is 18.1 Å². The summed E-state index contributed by atoms with van der Waals surface area (Å²) in [6.45, 7) is -0.218. The van der Waals surface area contributed by atoms with E-state index >= 15 is 0 Å². The molecule has 0 radical (unpaired) electrons. The van der Waals surface area contributed by atoms with Gasteiger partial charge in [-0.15, -0.1) is 0 Å². The lowest BCUT2D eigenvalue weighted by Crippen LogP contribution is -2.20. The summed E-state index contributed by atoms with van der Waals surface area (Å²) >= 11 is 6.05. The number of halogens is 1. The number of carbonyl (C=O) groups is 2. The fourth-order valence-corrected chi connectivity index (χ4v) is 3.01. The van der Waals surface area contributed by atoms with E-state index in [0.717, 1.165) is 0 Å². The topological polar surface area (TPSA) is 100 Å². The second-order valence-electron chi connectivity index (χ2n) is 6.72. The van der Waals surface area contributed by atoms with Gasteiger partial charge in [0, 0.05) is 5.69 Å². The van der Waals surface area contributed by atoms with Crippen LogP contribution >= 0.6 is 11.6 Å². The number of amides is 2. The van der Waals surface area contributed by atoms with E-state index in [1.165, 1.54) is 13.2 Å². The lowest BCUT2D eigenvalue weighted by Gasteiger charge is -2.12. The number of methoxy groups -OCH3 is 1. The molecule has 0 aromatic heterocycles. The average Bonchev–Trinajstić information content (AvgIpc) is 2.83. The summed E-state index contributed by atoms with van der Waals surface area (Å²) in [5.74, 6) is -0.227. The molecule has 0 atom stereocenters. The first-order valence-corrected chi connectivity index (χ1v) is 10.2. The molecule has 7 nitrogen and oxygen atoms in total. The Morgan fingerprint density at radius 3 is 2.42 bits per heavy atom. The molecule has 8 heteroatoms. The highest BCUT2D eigenvalue weighted by Gasteiger charge is 2.13. The SMILES string of the molecule is COc1cc(/C=C(\C#N)C(=O)Nc2ccccc2Cl)ccc1OCC(=O)Nc1ccccc1. The first kappa shape index (κ1) is 23.4. The van der Waals surface area contributed by atoms with Crippen LogP contribution in [0.3, 0.4) is 0 Å². The van der Waals surface area contributed by atoms with Crippen LogP contribution in [0.4, 0.5) is 11.4 Å². The third-order valence-corrected chi connectivity index (χ3v) is 4.73. The number of nitrogens with zero attached hydrogens (tertiary/aromatic N) is 1. The minimum absolute atomic E-state index is 0.118. The zero-order valence-corrected chi connectivity index (χ0v) is 18.4. The van der Waals surface area contributed by atoms with Crippen LogP contribution in [0.2, 0.25) is 5.02 Å². The fourth-order valence-electron chi connectivity index (χ4n) is 2.82. The van der Waals surface area contributed by atoms with E-state index in [4.69, 9.17) is 21.1 Å². The van der Waals surface area contributed by atoms with Crippen molar-refractivity contribution in [3.63, 3.8) is 0 Å². The highest BCUT2D eigenvalue weighted by molar-refractivity contribution is 6.34. The van der Waals surface area contributed by atoms with Crippen LogP contribution in [0.5, 0.6) is 11.5 Å². The number of nitrogens with one attached hydrogen (secondary N) is 2. The number of ether oxygens (including phenoxy) is 2. The molecule has 0 fully saturated rings. The molecule has 0 aliphatic rings. The summed E-state index contributed by atoms with van der Waals surface area (Å²) in [5, 5.41) is 15.1. The summed E-state index contributed by atoms with van der Waals surface area (Å²) in [6, 6.07) is 22.5. The Bertz CT molecular complexity index is 1220. The molecular weight excluding hydrogens is 442 g/mol. The van der Waals surface area contributed by atoms with Gasteiger partial charge < -0.3 is 20.1 Å². The lowest BCUT2D eigenvalue weighted by atomic mass is 10.1. The molecule has 33 heavy (non-hydrogen) atoms. The van der Waals surface area contributed by atoms with Gasteiger partial charge in [0.1, 0.15) is 11.6 Å². The molecule has 0 saturated heterocycles. The van der Waals surface area contributed by atoms with Crippen LogP contribution in [0.25, 0.3) is 6.08 Å². The predicted octanol–water partition coefficient (Wildman–Crippen LogP) is 4.91. The number of carbonyl (C=O) groups excluding carboxylic acids is 2. The van der Waals surface area contributed by atoms with Crippen LogP contribution < -0.4 is 20.1 Å². The second kappa shape index (κ2) is 11.4. The van der Waals surface area contributed by atoms with E-state index in [2.05, 4.69) is 10.6 Å². The maximum absolute atomic E-state index is 12.5. The van der Waals surface area contributed by atoms with Gasteiger partial charge in [-0.3, -0.25) is 9.59 Å². The van der Waals surface area contributed by atoms with Crippen molar-refractivity contribution in [2.45, 2.75) is 0 Å². The van der Waals surface area contributed by atoms with Crippen molar-refractivity contribution in [1.82, 2.24) is 0 Å². The minimum Gasteiger partial charge on any atom is -0.493 e. The molecule has 3 aromatic carbocycles. The molecule has 0 bridgehead atoms. The van der Waals surface area contributed by atoms with Gasteiger partial charge in [-0.25, -0.2) is 0 Å². The minimum atomic E-state index is -0.595. The fraction of sp³-hybridized carbons (Fsp3) is 0.0800. The number of hydrogen-bond acceptors (Lipinski definition) is 5. The molecule has 3 aromatic rings. The number of hydrogen-bond donors (Lipinski definition) is 2. The van der Waals surface area contributed by atoms with Crippen molar-refractivity contribution < 1.29 is 19.1 Å². The molecule has 2 N–H and O–H groups in total. The molecule has 0 heterocycles. The van der Waals surface area contributed by atoms with Crippen LogP contribution in [0, 0.1) is 11.3 Å². The maximum atomic E-state index is 12.5. The highest BCUT2D eigenvalue weighted by Crippen LogP contribution is 2.29. The molecule has 2 amide bonds. The zero-order valence-electron chi connectivity index (χ0n) is 17.7. The van der Waals surface area contributed by atoms with Crippen molar-refractivity contribution in [2.24, 2.45) is 0 Å². The lowest BCUT2D eigenvalue weighted by molar-refractivity contribution is -0.118. The van der Waals surface area contributed by atoms with Gasteiger partial charge in [-0.1, -0.05) is 48.0 Å². The molecule has 166 valence electrons. The average molecular weight is 462 g/mol. The van der Waals surface area contributed by atoms with Crippen molar-refractivity contribution in [3.8, 4) is 17.6 Å². The third-order valence-electron chi connectivity index (χ3n) is 4.40. The Balaban J connectivity index is 1.69. The zero-order chi connectivity index (χ0) is 23.6. The van der Waals surface area contributed by atoms with E-state index < -0.39 is 5.91 Å². The number of benzene rings is 3. The quantitative estimate of drug-likeness (QED) is 0.366.